The van der Waals surface area contributed by atoms with Crippen molar-refractivity contribution in [2.75, 3.05) is 5.32 Å². The average Bonchev–Trinajstić information content (AvgIpc) is 2.78. The van der Waals surface area contributed by atoms with Gasteiger partial charge in [-0.3, -0.25) is 9.59 Å². The molecule has 0 saturated heterocycles. The normalized spacial score (nSPS) is 10.4. The van der Waals surface area contributed by atoms with E-state index in [-0.39, 0.29) is 0 Å². The second kappa shape index (κ2) is 5.33. The molecule has 2 aromatic rings. The van der Waals surface area contributed by atoms with Crippen LogP contribution in [0.4, 0.5) is 5.69 Å². The van der Waals surface area contributed by atoms with Crippen LogP contribution in [0.3, 0.4) is 0 Å². The van der Waals surface area contributed by atoms with Gasteiger partial charge < -0.3 is 9.88 Å². The molecule has 1 N–H and O–H groups in total. The fourth-order valence-corrected chi connectivity index (χ4v) is 2.36. The van der Waals surface area contributed by atoms with E-state index in [4.69, 9.17) is 0 Å². The minimum atomic E-state index is -0.609. The van der Waals surface area contributed by atoms with Gasteiger partial charge in [-0.15, -0.1) is 0 Å². The summed E-state index contributed by atoms with van der Waals surface area (Å²) >= 11 is 0. The van der Waals surface area contributed by atoms with Crippen molar-refractivity contribution in [3.05, 3.63) is 52.8 Å². The van der Waals surface area contributed by atoms with Gasteiger partial charge in [0.2, 0.25) is 0 Å². The topological polar surface area (TPSA) is 51.1 Å². The molecule has 2 rings (SSSR count). The smallest absolute Gasteiger partial charge is 0.298 e. The third kappa shape index (κ3) is 2.64. The summed E-state index contributed by atoms with van der Waals surface area (Å²) in [5, 5.41) is 2.72. The van der Waals surface area contributed by atoms with Crippen LogP contribution in [0.15, 0.2) is 30.5 Å². The molecule has 0 aliphatic rings. The predicted octanol–water partition coefficient (Wildman–Crippen LogP) is 2.77. The van der Waals surface area contributed by atoms with Crippen LogP contribution in [0.25, 0.3) is 0 Å². The van der Waals surface area contributed by atoms with Crippen molar-refractivity contribution >= 4 is 17.4 Å². The van der Waals surface area contributed by atoms with E-state index in [0.29, 0.717) is 11.4 Å². The van der Waals surface area contributed by atoms with Crippen LogP contribution >= 0.6 is 0 Å². The first kappa shape index (κ1) is 14.1. The van der Waals surface area contributed by atoms with E-state index >= 15 is 0 Å². The van der Waals surface area contributed by atoms with Gasteiger partial charge in [-0.25, -0.2) is 0 Å². The Morgan fingerprint density at radius 3 is 2.20 bits per heavy atom. The van der Waals surface area contributed by atoms with Crippen molar-refractivity contribution in [3.8, 4) is 0 Å². The van der Waals surface area contributed by atoms with Gasteiger partial charge in [0.25, 0.3) is 11.7 Å². The Kier molecular flexibility index (Phi) is 3.74. The number of carbonyl (C=O) groups excluding carboxylic acids is 2. The average molecular weight is 270 g/mol. The largest absolute Gasteiger partial charge is 0.348 e. The molecule has 1 heterocycles. The molecule has 4 heteroatoms. The Hall–Kier alpha value is -2.36. The van der Waals surface area contributed by atoms with Crippen LogP contribution in [-0.4, -0.2) is 16.3 Å². The molecule has 1 aromatic heterocycles. The zero-order valence-electron chi connectivity index (χ0n) is 12.2. The Morgan fingerprint density at radius 1 is 1.10 bits per heavy atom. The summed E-state index contributed by atoms with van der Waals surface area (Å²) in [4.78, 5) is 24.2. The summed E-state index contributed by atoms with van der Waals surface area (Å²) in [5.74, 6) is -1.14. The van der Waals surface area contributed by atoms with Crippen molar-refractivity contribution in [1.82, 2.24) is 4.57 Å². The molecular weight excluding hydrogens is 252 g/mol. The summed E-state index contributed by atoms with van der Waals surface area (Å²) in [6, 6.07) is 7.34. The summed E-state index contributed by atoms with van der Waals surface area (Å²) in [7, 11) is 1.74. The number of ketones is 1. The number of anilines is 1. The van der Waals surface area contributed by atoms with Gasteiger partial charge in [-0.2, -0.15) is 0 Å². The highest BCUT2D eigenvalue weighted by atomic mass is 16.2. The second-order valence-corrected chi connectivity index (χ2v) is 5.06. The van der Waals surface area contributed by atoms with E-state index in [1.165, 1.54) is 0 Å². The molecule has 0 radical (unpaired) electrons. The van der Waals surface area contributed by atoms with Crippen LogP contribution in [0.5, 0.6) is 0 Å². The second-order valence-electron chi connectivity index (χ2n) is 5.06. The number of Topliss-reactive ketones (excluding diaryl/α,β-unsaturated/α-hetero) is 1. The molecule has 1 amide bonds. The summed E-state index contributed by atoms with van der Waals surface area (Å²) in [6.07, 6.45) is 1.74. The van der Waals surface area contributed by atoms with Gasteiger partial charge in [0.1, 0.15) is 0 Å². The van der Waals surface area contributed by atoms with E-state index in [2.05, 4.69) is 5.32 Å². The maximum atomic E-state index is 12.1. The van der Waals surface area contributed by atoms with Crippen LogP contribution < -0.4 is 5.32 Å². The minimum Gasteiger partial charge on any atom is -0.348 e. The number of aromatic nitrogens is 1. The van der Waals surface area contributed by atoms with Crippen LogP contribution in [-0.2, 0) is 11.8 Å². The first-order valence-corrected chi connectivity index (χ1v) is 6.45. The molecule has 0 aliphatic heterocycles. The van der Waals surface area contributed by atoms with Crippen LogP contribution in [0, 0.1) is 20.8 Å². The van der Waals surface area contributed by atoms with E-state index < -0.39 is 11.7 Å². The van der Waals surface area contributed by atoms with Crippen molar-refractivity contribution < 1.29 is 9.59 Å². The SMILES string of the molecule is Cc1cc(C)c(NC(=O)C(=O)c2cccn2C)c(C)c1. The molecule has 0 fully saturated rings. The lowest BCUT2D eigenvalue weighted by atomic mass is 10.0. The maximum Gasteiger partial charge on any atom is 0.298 e. The molecular formula is C16H18N2O2. The van der Waals surface area contributed by atoms with Crippen LogP contribution in [0.1, 0.15) is 27.2 Å². The van der Waals surface area contributed by atoms with Gasteiger partial charge in [0.05, 0.1) is 5.69 Å². The van der Waals surface area contributed by atoms with Gasteiger partial charge >= 0.3 is 0 Å². The highest BCUT2D eigenvalue weighted by Gasteiger charge is 2.20. The van der Waals surface area contributed by atoms with Crippen molar-refractivity contribution in [1.29, 1.82) is 0 Å². The summed E-state index contributed by atoms with van der Waals surface area (Å²) in [5.41, 5.74) is 4.13. The predicted molar refractivity (Wildman–Crippen MR) is 79.0 cm³/mol. The Bertz CT molecular complexity index is 661. The van der Waals surface area contributed by atoms with Crippen molar-refractivity contribution in [3.63, 3.8) is 0 Å². The highest BCUT2D eigenvalue weighted by molar-refractivity contribution is 6.46. The van der Waals surface area contributed by atoms with E-state index in [0.717, 1.165) is 16.7 Å². The van der Waals surface area contributed by atoms with Gasteiger partial charge in [0, 0.05) is 18.9 Å². The molecule has 0 atom stereocenters. The number of nitrogens with one attached hydrogen (secondary N) is 1. The number of hydrogen-bond acceptors (Lipinski definition) is 2. The van der Waals surface area contributed by atoms with Gasteiger partial charge in [-0.1, -0.05) is 17.7 Å². The Balaban J connectivity index is 2.25. The number of nitrogens with zero attached hydrogens (tertiary/aromatic N) is 1. The number of hydrogen-bond donors (Lipinski definition) is 1. The minimum absolute atomic E-state index is 0.380. The van der Waals surface area contributed by atoms with E-state index in [1.54, 1.807) is 29.9 Å². The molecule has 0 bridgehead atoms. The number of carbonyl (C=O) groups is 2. The lowest BCUT2D eigenvalue weighted by Gasteiger charge is -2.12. The first-order chi connectivity index (χ1) is 9.40. The molecule has 4 nitrogen and oxygen atoms in total. The number of benzene rings is 1. The lowest BCUT2D eigenvalue weighted by Crippen LogP contribution is -2.25. The zero-order chi connectivity index (χ0) is 14.9. The van der Waals surface area contributed by atoms with Gasteiger partial charge in [-0.05, 0) is 44.0 Å². The summed E-state index contributed by atoms with van der Waals surface area (Å²) < 4.78 is 1.64. The highest BCUT2D eigenvalue weighted by Crippen LogP contribution is 2.22. The summed E-state index contributed by atoms with van der Waals surface area (Å²) in [6.45, 7) is 5.84. The zero-order valence-corrected chi connectivity index (χ0v) is 12.2. The van der Waals surface area contributed by atoms with Crippen molar-refractivity contribution in [2.24, 2.45) is 7.05 Å². The number of amides is 1. The molecule has 0 unspecified atom stereocenters. The first-order valence-electron chi connectivity index (χ1n) is 6.45. The molecule has 0 spiro atoms. The molecule has 0 aliphatic carbocycles. The Labute approximate surface area is 118 Å². The molecule has 104 valence electrons. The third-order valence-corrected chi connectivity index (χ3v) is 3.30. The fraction of sp³-hybridized carbons (Fsp3) is 0.250. The fourth-order valence-electron chi connectivity index (χ4n) is 2.36. The van der Waals surface area contributed by atoms with Crippen LogP contribution in [0.2, 0.25) is 0 Å². The molecule has 0 saturated carbocycles. The maximum absolute atomic E-state index is 12.1. The number of aryl methyl sites for hydroxylation is 4. The van der Waals surface area contributed by atoms with E-state index in [1.807, 2.05) is 32.9 Å². The van der Waals surface area contributed by atoms with Gasteiger partial charge in [0.15, 0.2) is 0 Å². The standard InChI is InChI=1S/C16H18N2O2/c1-10-8-11(2)14(12(3)9-10)17-16(20)15(19)13-6-5-7-18(13)4/h5-9H,1-4H3,(H,17,20). The third-order valence-electron chi connectivity index (χ3n) is 3.30. The monoisotopic (exact) mass is 270 g/mol. The molecule has 1 aromatic carbocycles. The quantitative estimate of drug-likeness (QED) is 0.688. The van der Waals surface area contributed by atoms with Crippen molar-refractivity contribution in [2.45, 2.75) is 20.8 Å². The molecule has 20 heavy (non-hydrogen) atoms. The lowest BCUT2D eigenvalue weighted by molar-refractivity contribution is -0.112. The Morgan fingerprint density at radius 2 is 1.70 bits per heavy atom. The number of rotatable bonds is 3. The van der Waals surface area contributed by atoms with E-state index in [9.17, 15) is 9.59 Å².